The number of rotatable bonds is 7. The minimum atomic E-state index is -3.35. The fraction of sp³-hybridized carbons (Fsp3) is 0.500. The minimum Gasteiger partial charge on any atom is -0.389 e. The maximum Gasteiger partial charge on any atom is 0.209 e. The van der Waals surface area contributed by atoms with Gasteiger partial charge in [-0.25, -0.2) is 17.5 Å². The smallest absolute Gasteiger partial charge is 0.209 e. The molecule has 2 aliphatic rings. The van der Waals surface area contributed by atoms with Gasteiger partial charge in [-0.3, -0.25) is 9.88 Å². The zero-order valence-corrected chi connectivity index (χ0v) is 17.9. The van der Waals surface area contributed by atoms with E-state index in [4.69, 9.17) is 4.98 Å². The molecule has 2 atom stereocenters. The predicted octanol–water partition coefficient (Wildman–Crippen LogP) is 2.34. The van der Waals surface area contributed by atoms with Crippen molar-refractivity contribution in [3.8, 4) is 11.3 Å². The number of hydrogen-bond acceptors (Lipinski definition) is 5. The molecule has 162 valence electrons. The van der Waals surface area contributed by atoms with E-state index in [9.17, 15) is 17.9 Å². The molecule has 30 heavy (non-hydrogen) atoms. The lowest BCUT2D eigenvalue weighted by Crippen LogP contribution is -2.53. The van der Waals surface area contributed by atoms with Crippen LogP contribution in [0.3, 0.4) is 0 Å². The molecular formula is C22H28FN3O3S. The van der Waals surface area contributed by atoms with Crippen LogP contribution in [0, 0.1) is 5.82 Å². The minimum absolute atomic E-state index is 0.0976. The summed E-state index contributed by atoms with van der Waals surface area (Å²) >= 11 is 0. The van der Waals surface area contributed by atoms with E-state index in [1.165, 1.54) is 18.4 Å². The normalized spacial score (nSPS) is 24.0. The van der Waals surface area contributed by atoms with Crippen LogP contribution >= 0.6 is 0 Å². The fourth-order valence-corrected chi connectivity index (χ4v) is 5.36. The number of hydrogen-bond donors (Lipinski definition) is 2. The van der Waals surface area contributed by atoms with E-state index in [1.54, 1.807) is 6.07 Å². The van der Waals surface area contributed by atoms with Gasteiger partial charge in [-0.05, 0) is 49.9 Å². The second kappa shape index (κ2) is 8.34. The number of β-amino-alcohol motifs (C(OH)–C–C–N with tert-alkyl or cyclic N) is 1. The van der Waals surface area contributed by atoms with Crippen LogP contribution < -0.4 is 4.72 Å². The third-order valence-electron chi connectivity index (χ3n) is 6.15. The summed E-state index contributed by atoms with van der Waals surface area (Å²) in [5, 5.41) is 10.7. The van der Waals surface area contributed by atoms with Gasteiger partial charge in [0.05, 0.1) is 17.6 Å². The van der Waals surface area contributed by atoms with Crippen molar-refractivity contribution in [2.45, 2.75) is 49.8 Å². The highest BCUT2D eigenvalue weighted by molar-refractivity contribution is 7.88. The van der Waals surface area contributed by atoms with Crippen LogP contribution in [0.2, 0.25) is 0 Å². The molecule has 2 unspecified atom stereocenters. The number of nitrogens with one attached hydrogen (secondary N) is 1. The van der Waals surface area contributed by atoms with Crippen molar-refractivity contribution in [1.29, 1.82) is 0 Å². The summed E-state index contributed by atoms with van der Waals surface area (Å²) in [7, 11) is -3.35. The first-order chi connectivity index (χ1) is 14.2. The van der Waals surface area contributed by atoms with Crippen LogP contribution in [0.5, 0.6) is 0 Å². The molecule has 0 amide bonds. The molecule has 0 radical (unpaired) electrons. The van der Waals surface area contributed by atoms with Crippen molar-refractivity contribution < 1.29 is 17.9 Å². The van der Waals surface area contributed by atoms with Gasteiger partial charge in [-0.2, -0.15) is 0 Å². The quantitative estimate of drug-likeness (QED) is 0.700. The molecule has 1 saturated heterocycles. The Bertz CT molecular complexity index is 1010. The standard InChI is InChI=1S/C22H28FN3O3S/c1-30(28,29)25-20-9-12-26(15-22(27)10-4-11-22)21(20)14-18-7-3-8-19(24-18)16-5-2-6-17(23)13-16/h2-3,5-8,13,20-21,25,27H,4,9-12,14-15H2,1H3. The second-order valence-electron chi connectivity index (χ2n) is 8.63. The maximum absolute atomic E-state index is 13.6. The van der Waals surface area contributed by atoms with E-state index >= 15 is 0 Å². The zero-order chi connectivity index (χ0) is 21.4. The Morgan fingerprint density at radius 3 is 2.70 bits per heavy atom. The SMILES string of the molecule is CS(=O)(=O)NC1CCN(CC2(O)CCC2)C1Cc1cccc(-c2cccc(F)c2)n1. The summed E-state index contributed by atoms with van der Waals surface area (Å²) in [5.41, 5.74) is 1.53. The predicted molar refractivity (Wildman–Crippen MR) is 114 cm³/mol. The molecule has 1 aliphatic heterocycles. The molecule has 4 rings (SSSR count). The molecule has 8 heteroatoms. The van der Waals surface area contributed by atoms with Crippen LogP contribution in [-0.2, 0) is 16.4 Å². The number of aliphatic hydroxyl groups is 1. The average Bonchev–Trinajstić information content (AvgIpc) is 3.00. The molecule has 1 aliphatic carbocycles. The van der Waals surface area contributed by atoms with E-state index in [-0.39, 0.29) is 17.9 Å². The van der Waals surface area contributed by atoms with Crippen LogP contribution in [-0.4, -0.2) is 60.4 Å². The number of sulfonamides is 1. The van der Waals surface area contributed by atoms with Gasteiger partial charge >= 0.3 is 0 Å². The zero-order valence-electron chi connectivity index (χ0n) is 17.1. The molecular weight excluding hydrogens is 405 g/mol. The first kappa shape index (κ1) is 21.4. The first-order valence-electron chi connectivity index (χ1n) is 10.4. The molecule has 1 saturated carbocycles. The molecule has 2 aromatic rings. The largest absolute Gasteiger partial charge is 0.389 e. The van der Waals surface area contributed by atoms with E-state index in [0.29, 0.717) is 30.6 Å². The summed E-state index contributed by atoms with van der Waals surface area (Å²) in [4.78, 5) is 6.90. The van der Waals surface area contributed by atoms with Crippen LogP contribution in [0.4, 0.5) is 4.39 Å². The fourth-order valence-electron chi connectivity index (χ4n) is 4.53. The molecule has 0 spiro atoms. The summed E-state index contributed by atoms with van der Waals surface area (Å²) in [6, 6.07) is 11.6. The number of pyridine rings is 1. The van der Waals surface area contributed by atoms with E-state index in [0.717, 1.165) is 31.5 Å². The van der Waals surface area contributed by atoms with Crippen molar-refractivity contribution in [3.05, 3.63) is 54.0 Å². The molecule has 2 fully saturated rings. The van der Waals surface area contributed by atoms with Gasteiger partial charge in [0.15, 0.2) is 0 Å². The molecule has 2 N–H and O–H groups in total. The lowest BCUT2D eigenvalue weighted by molar-refractivity contribution is -0.0616. The Kier molecular flexibility index (Phi) is 5.94. The van der Waals surface area contributed by atoms with Gasteiger partial charge < -0.3 is 5.11 Å². The van der Waals surface area contributed by atoms with Gasteiger partial charge in [0.2, 0.25) is 10.0 Å². The Hall–Kier alpha value is -1.87. The van der Waals surface area contributed by atoms with Crippen LogP contribution in [0.15, 0.2) is 42.5 Å². The summed E-state index contributed by atoms with van der Waals surface area (Å²) in [6.07, 6.45) is 5.01. The van der Waals surface area contributed by atoms with Gasteiger partial charge in [-0.15, -0.1) is 0 Å². The Morgan fingerprint density at radius 1 is 1.27 bits per heavy atom. The van der Waals surface area contributed by atoms with Crippen LogP contribution in [0.1, 0.15) is 31.4 Å². The summed E-state index contributed by atoms with van der Waals surface area (Å²) in [6.45, 7) is 1.27. The monoisotopic (exact) mass is 433 g/mol. The molecule has 1 aromatic heterocycles. The third kappa shape index (κ3) is 5.06. The van der Waals surface area contributed by atoms with Crippen molar-refractivity contribution in [2.75, 3.05) is 19.3 Å². The molecule has 1 aromatic carbocycles. The number of likely N-dealkylation sites (tertiary alicyclic amines) is 1. The molecule has 0 bridgehead atoms. The number of benzene rings is 1. The van der Waals surface area contributed by atoms with Crippen molar-refractivity contribution in [1.82, 2.24) is 14.6 Å². The average molecular weight is 434 g/mol. The van der Waals surface area contributed by atoms with Crippen molar-refractivity contribution in [3.63, 3.8) is 0 Å². The lowest BCUT2D eigenvalue weighted by atomic mass is 9.79. The highest BCUT2D eigenvalue weighted by Crippen LogP contribution is 2.35. The topological polar surface area (TPSA) is 82.5 Å². The first-order valence-corrected chi connectivity index (χ1v) is 12.3. The molecule has 6 nitrogen and oxygen atoms in total. The van der Waals surface area contributed by atoms with Crippen molar-refractivity contribution >= 4 is 10.0 Å². The highest BCUT2D eigenvalue weighted by atomic mass is 32.2. The summed E-state index contributed by atoms with van der Waals surface area (Å²) < 4.78 is 40.2. The van der Waals surface area contributed by atoms with Gasteiger partial charge in [-0.1, -0.05) is 18.2 Å². The molecule has 2 heterocycles. The number of nitrogens with zero attached hydrogens (tertiary/aromatic N) is 2. The van der Waals surface area contributed by atoms with Crippen molar-refractivity contribution in [2.24, 2.45) is 0 Å². The van der Waals surface area contributed by atoms with Gasteiger partial charge in [0.1, 0.15) is 5.82 Å². The Labute approximate surface area is 177 Å². The number of aromatic nitrogens is 1. The second-order valence-corrected chi connectivity index (χ2v) is 10.4. The highest BCUT2D eigenvalue weighted by Gasteiger charge is 2.42. The van der Waals surface area contributed by atoms with Gasteiger partial charge in [0.25, 0.3) is 0 Å². The lowest BCUT2D eigenvalue weighted by Gasteiger charge is -2.41. The summed E-state index contributed by atoms with van der Waals surface area (Å²) in [5.74, 6) is -0.312. The Balaban J connectivity index is 1.57. The Morgan fingerprint density at radius 2 is 2.03 bits per heavy atom. The van der Waals surface area contributed by atoms with E-state index in [1.807, 2.05) is 24.3 Å². The number of halogens is 1. The third-order valence-corrected chi connectivity index (χ3v) is 6.88. The maximum atomic E-state index is 13.6. The van der Waals surface area contributed by atoms with Gasteiger partial charge in [0, 0.05) is 42.9 Å². The van der Waals surface area contributed by atoms with Crippen LogP contribution in [0.25, 0.3) is 11.3 Å². The van der Waals surface area contributed by atoms with E-state index < -0.39 is 15.6 Å². The van der Waals surface area contributed by atoms with E-state index in [2.05, 4.69) is 9.62 Å².